The van der Waals surface area contributed by atoms with Gasteiger partial charge in [-0.2, -0.15) is 5.10 Å². The third-order valence-corrected chi connectivity index (χ3v) is 7.89. The zero-order valence-corrected chi connectivity index (χ0v) is 23.6. The minimum absolute atomic E-state index is 0.236. The molecule has 0 bridgehead atoms. The molecule has 4 aromatic carbocycles. The quantitative estimate of drug-likeness (QED) is 0.243. The minimum atomic E-state index is -0.236. The monoisotopic (exact) mass is 558 g/mol. The van der Waals surface area contributed by atoms with E-state index in [0.29, 0.717) is 16.7 Å². The number of hydrogen-bond acceptors (Lipinski definition) is 6. The summed E-state index contributed by atoms with van der Waals surface area (Å²) in [5.74, 6) is 2.87. The molecule has 0 unspecified atom stereocenters. The Morgan fingerprint density at radius 2 is 1.66 bits per heavy atom. The number of aliphatic imine (C=N–C) groups is 2. The number of halogens is 1. The highest BCUT2D eigenvalue weighted by molar-refractivity contribution is 6.51. The topological polar surface area (TPSA) is 67.0 Å². The van der Waals surface area contributed by atoms with Crippen LogP contribution in [0.5, 0.6) is 5.75 Å². The van der Waals surface area contributed by atoms with Crippen molar-refractivity contribution >= 4 is 46.2 Å². The van der Waals surface area contributed by atoms with Crippen molar-refractivity contribution in [3.63, 3.8) is 0 Å². The third kappa shape index (κ3) is 4.26. The van der Waals surface area contributed by atoms with Gasteiger partial charge in [0.15, 0.2) is 17.5 Å². The summed E-state index contributed by atoms with van der Waals surface area (Å²) in [7, 11) is 1.69. The molecule has 0 saturated heterocycles. The van der Waals surface area contributed by atoms with Crippen LogP contribution in [-0.2, 0) is 0 Å². The first kappa shape index (κ1) is 25.1. The number of benzene rings is 4. The molecule has 5 aromatic rings. The van der Waals surface area contributed by atoms with E-state index >= 15 is 0 Å². The molecular weight excluding hydrogens is 532 g/mol. The number of hydrogen-bond donors (Lipinski definition) is 1. The number of amidine groups is 2. The Hall–Kier alpha value is -4.88. The summed E-state index contributed by atoms with van der Waals surface area (Å²) in [5.41, 5.74) is 7.57. The van der Waals surface area contributed by atoms with Crippen molar-refractivity contribution in [3.8, 4) is 11.4 Å². The number of nitrogens with zero attached hydrogens (tertiary/aromatic N) is 5. The van der Waals surface area contributed by atoms with E-state index in [1.807, 2.05) is 97.4 Å². The Kier molecular flexibility index (Phi) is 6.09. The predicted octanol–water partition coefficient (Wildman–Crippen LogP) is 7.95. The molecule has 7 nitrogen and oxygen atoms in total. The van der Waals surface area contributed by atoms with E-state index < -0.39 is 0 Å². The lowest BCUT2D eigenvalue weighted by Crippen LogP contribution is -2.46. The summed E-state index contributed by atoms with van der Waals surface area (Å²) in [6.07, 6.45) is 0. The van der Waals surface area contributed by atoms with Crippen molar-refractivity contribution in [3.05, 3.63) is 124 Å². The third-order valence-electron chi connectivity index (χ3n) is 7.48. The van der Waals surface area contributed by atoms with Crippen LogP contribution in [0, 0.1) is 13.8 Å². The molecule has 2 aliphatic rings. The zero-order valence-electron chi connectivity index (χ0n) is 22.8. The maximum absolute atomic E-state index is 6.50. The highest BCUT2D eigenvalue weighted by Gasteiger charge is 2.41. The molecule has 3 heterocycles. The average molecular weight is 559 g/mol. The molecule has 8 heteroatoms. The summed E-state index contributed by atoms with van der Waals surface area (Å²) in [5, 5.41) is 9.20. The van der Waals surface area contributed by atoms with Crippen molar-refractivity contribution in [2.75, 3.05) is 17.3 Å². The first-order chi connectivity index (χ1) is 20.0. The number of rotatable bonds is 4. The van der Waals surface area contributed by atoms with Crippen molar-refractivity contribution in [1.29, 1.82) is 0 Å². The van der Waals surface area contributed by atoms with E-state index in [-0.39, 0.29) is 6.04 Å². The molecule has 0 aliphatic carbocycles. The van der Waals surface area contributed by atoms with E-state index in [4.69, 9.17) is 31.4 Å². The molecule has 1 atom stereocenters. The molecule has 2 aliphatic heterocycles. The van der Waals surface area contributed by atoms with Gasteiger partial charge in [-0.25, -0.2) is 14.7 Å². The number of anilines is 2. The van der Waals surface area contributed by atoms with Gasteiger partial charge in [0.2, 0.25) is 0 Å². The second-order valence-electron chi connectivity index (χ2n) is 10.1. The second kappa shape index (κ2) is 9.94. The van der Waals surface area contributed by atoms with Crippen molar-refractivity contribution < 1.29 is 4.74 Å². The fraction of sp³-hybridized carbons (Fsp3) is 0.121. The highest BCUT2D eigenvalue weighted by Crippen LogP contribution is 2.48. The van der Waals surface area contributed by atoms with Crippen molar-refractivity contribution in [2.24, 2.45) is 9.98 Å². The standard InChI is InChI=1S/C33H27ClN6O/c1-20-16-17-23(19-26(20)34)35-31-33-37-32-29(21(2)38-40(32)24-11-5-4-6-12-24)30(22-10-9-13-25(18-22)41-3)39(33)28-15-8-7-14-27(28)36-31/h4-19,30H,1-3H3,(H,35,36)/t30-/m0/s1. The summed E-state index contributed by atoms with van der Waals surface area (Å²) in [4.78, 5) is 12.6. The Balaban J connectivity index is 1.49. The minimum Gasteiger partial charge on any atom is -0.497 e. The molecule has 0 spiro atoms. The first-order valence-corrected chi connectivity index (χ1v) is 13.8. The van der Waals surface area contributed by atoms with E-state index in [1.165, 1.54) is 0 Å². The smallest absolute Gasteiger partial charge is 0.179 e. The molecule has 0 saturated carbocycles. The number of nitrogens with one attached hydrogen (secondary N) is 1. The lowest BCUT2D eigenvalue weighted by molar-refractivity contribution is 0.414. The van der Waals surface area contributed by atoms with Gasteiger partial charge in [-0.1, -0.05) is 60.1 Å². The maximum Gasteiger partial charge on any atom is 0.179 e. The molecule has 0 fully saturated rings. The lowest BCUT2D eigenvalue weighted by Gasteiger charge is -2.40. The second-order valence-corrected chi connectivity index (χ2v) is 10.5. The van der Waals surface area contributed by atoms with Crippen molar-refractivity contribution in [2.45, 2.75) is 19.9 Å². The number of para-hydroxylation sites is 3. The van der Waals surface area contributed by atoms with Gasteiger partial charge in [0.25, 0.3) is 0 Å². The lowest BCUT2D eigenvalue weighted by atomic mass is 9.93. The van der Waals surface area contributed by atoms with Gasteiger partial charge in [-0.05, 0) is 73.5 Å². The average Bonchev–Trinajstić information content (AvgIpc) is 3.34. The van der Waals surface area contributed by atoms with Gasteiger partial charge in [-0.3, -0.25) is 0 Å². The highest BCUT2D eigenvalue weighted by atomic mass is 35.5. The van der Waals surface area contributed by atoms with Gasteiger partial charge in [0, 0.05) is 16.3 Å². The van der Waals surface area contributed by atoms with E-state index in [1.54, 1.807) is 7.11 Å². The Labute approximate surface area is 243 Å². The van der Waals surface area contributed by atoms with Crippen LogP contribution in [0.4, 0.5) is 22.9 Å². The van der Waals surface area contributed by atoms with Gasteiger partial charge in [0.05, 0.1) is 35.9 Å². The summed E-state index contributed by atoms with van der Waals surface area (Å²) >= 11 is 6.50. The molecule has 0 amide bonds. The van der Waals surface area contributed by atoms with Crippen molar-refractivity contribution in [1.82, 2.24) is 9.78 Å². The number of aromatic nitrogens is 2. The maximum atomic E-state index is 6.50. The molecule has 7 rings (SSSR count). The van der Waals surface area contributed by atoms with Crippen LogP contribution >= 0.6 is 11.6 Å². The molecule has 1 aromatic heterocycles. The number of fused-ring (bicyclic) bond motifs is 4. The van der Waals surface area contributed by atoms with Crippen LogP contribution in [0.15, 0.2) is 107 Å². The van der Waals surface area contributed by atoms with Gasteiger partial charge < -0.3 is 15.0 Å². The van der Waals surface area contributed by atoms with E-state index in [2.05, 4.69) is 28.4 Å². The normalized spacial score (nSPS) is 15.3. The predicted molar refractivity (Wildman–Crippen MR) is 166 cm³/mol. The number of aryl methyl sites for hydroxylation is 2. The van der Waals surface area contributed by atoms with Crippen LogP contribution < -0.4 is 15.0 Å². The number of methoxy groups -OCH3 is 1. The van der Waals surface area contributed by atoms with Crippen LogP contribution in [0.2, 0.25) is 5.02 Å². The van der Waals surface area contributed by atoms with Gasteiger partial charge >= 0.3 is 0 Å². The van der Waals surface area contributed by atoms with Crippen LogP contribution in [0.1, 0.15) is 28.4 Å². The molecule has 202 valence electrons. The summed E-state index contributed by atoms with van der Waals surface area (Å²) in [6.45, 7) is 4.03. The van der Waals surface area contributed by atoms with Gasteiger partial charge in [0.1, 0.15) is 5.75 Å². The van der Waals surface area contributed by atoms with Gasteiger partial charge in [-0.15, -0.1) is 0 Å². The molecule has 1 N–H and O–H groups in total. The molecule has 0 radical (unpaired) electrons. The zero-order chi connectivity index (χ0) is 28.1. The summed E-state index contributed by atoms with van der Waals surface area (Å²) < 4.78 is 7.57. The fourth-order valence-electron chi connectivity index (χ4n) is 5.48. The van der Waals surface area contributed by atoms with Crippen LogP contribution in [0.25, 0.3) is 5.69 Å². The van der Waals surface area contributed by atoms with Crippen LogP contribution in [0.3, 0.4) is 0 Å². The first-order valence-electron chi connectivity index (χ1n) is 13.4. The van der Waals surface area contributed by atoms with E-state index in [0.717, 1.165) is 56.7 Å². The summed E-state index contributed by atoms with van der Waals surface area (Å²) in [6, 6.07) is 32.1. The Morgan fingerprint density at radius 1 is 0.854 bits per heavy atom. The van der Waals surface area contributed by atoms with Crippen LogP contribution in [-0.4, -0.2) is 28.6 Å². The SMILES string of the molecule is COc1cccc([C@H]2c3c(C)nn(-c4ccccc4)c3N=C3C(Nc4ccc(C)c(Cl)c4)=Nc4ccccc4N32)c1. The Bertz CT molecular complexity index is 1860. The fourth-order valence-corrected chi connectivity index (χ4v) is 5.66. The van der Waals surface area contributed by atoms with E-state index in [9.17, 15) is 0 Å². The largest absolute Gasteiger partial charge is 0.497 e. The molecular formula is C33H27ClN6O. The molecule has 41 heavy (non-hydrogen) atoms. The number of ether oxygens (including phenoxy) is 1. The Morgan fingerprint density at radius 3 is 2.46 bits per heavy atom.